The minimum absolute atomic E-state index is 0.187. The lowest BCUT2D eigenvalue weighted by Gasteiger charge is -2.14. The van der Waals surface area contributed by atoms with Gasteiger partial charge >= 0.3 is 0 Å². The SMILES string of the molecule is CCCC[C@@H](N=C1NS(=O)(=O)c2ccccc21)C(=O)NCc1ccccn1. The minimum Gasteiger partial charge on any atom is -0.349 e. The van der Waals surface area contributed by atoms with E-state index in [1.807, 2.05) is 25.1 Å². The number of nitrogens with zero attached hydrogens (tertiary/aromatic N) is 2. The van der Waals surface area contributed by atoms with E-state index < -0.39 is 16.1 Å². The van der Waals surface area contributed by atoms with Crippen LogP contribution in [0, 0.1) is 0 Å². The van der Waals surface area contributed by atoms with Gasteiger partial charge in [0.05, 0.1) is 17.1 Å². The zero-order valence-corrected chi connectivity index (χ0v) is 15.9. The summed E-state index contributed by atoms with van der Waals surface area (Å²) in [6, 6.07) is 11.5. The first-order valence-electron chi connectivity index (χ1n) is 8.89. The van der Waals surface area contributed by atoms with Crippen molar-refractivity contribution in [2.75, 3.05) is 0 Å². The maximum Gasteiger partial charge on any atom is 0.263 e. The number of fused-ring (bicyclic) bond motifs is 1. The van der Waals surface area contributed by atoms with E-state index in [2.05, 4.69) is 20.0 Å². The summed E-state index contributed by atoms with van der Waals surface area (Å²) in [5, 5.41) is 2.84. The van der Waals surface area contributed by atoms with Crippen molar-refractivity contribution in [2.24, 2.45) is 4.99 Å². The van der Waals surface area contributed by atoms with Gasteiger partial charge in [0.1, 0.15) is 11.9 Å². The molecule has 0 saturated carbocycles. The Morgan fingerprint density at radius 3 is 2.74 bits per heavy atom. The second-order valence-electron chi connectivity index (χ2n) is 6.28. The van der Waals surface area contributed by atoms with E-state index in [1.165, 1.54) is 6.07 Å². The van der Waals surface area contributed by atoms with Crippen molar-refractivity contribution in [1.29, 1.82) is 0 Å². The molecular formula is C19H22N4O3S. The fourth-order valence-electron chi connectivity index (χ4n) is 2.84. The van der Waals surface area contributed by atoms with Crippen LogP contribution in [0.2, 0.25) is 0 Å². The fraction of sp³-hybridized carbons (Fsp3) is 0.316. The molecule has 0 aliphatic carbocycles. The lowest BCUT2D eigenvalue weighted by molar-refractivity contribution is -0.122. The van der Waals surface area contributed by atoms with E-state index in [0.717, 1.165) is 18.5 Å². The maximum atomic E-state index is 12.7. The van der Waals surface area contributed by atoms with Gasteiger partial charge in [0.2, 0.25) is 5.91 Å². The number of rotatable bonds is 7. The van der Waals surface area contributed by atoms with Gasteiger partial charge in [0.25, 0.3) is 10.0 Å². The van der Waals surface area contributed by atoms with Crippen LogP contribution < -0.4 is 10.0 Å². The molecule has 0 fully saturated rings. The lowest BCUT2D eigenvalue weighted by Crippen LogP contribution is -2.35. The molecule has 3 rings (SSSR count). The molecule has 1 amide bonds. The number of aromatic nitrogens is 1. The highest BCUT2D eigenvalue weighted by Gasteiger charge is 2.31. The van der Waals surface area contributed by atoms with Gasteiger partial charge in [-0.1, -0.05) is 38.0 Å². The van der Waals surface area contributed by atoms with Gasteiger partial charge in [0, 0.05) is 11.8 Å². The van der Waals surface area contributed by atoms with Crippen LogP contribution >= 0.6 is 0 Å². The number of aliphatic imine (C=N–C) groups is 1. The Morgan fingerprint density at radius 2 is 2.00 bits per heavy atom. The number of carbonyl (C=O) groups excluding carboxylic acids is 1. The number of hydrogen-bond acceptors (Lipinski definition) is 5. The molecule has 8 heteroatoms. The number of carbonyl (C=O) groups is 1. The number of hydrogen-bond donors (Lipinski definition) is 2. The molecule has 1 aliphatic heterocycles. The van der Waals surface area contributed by atoms with E-state index >= 15 is 0 Å². The van der Waals surface area contributed by atoms with Crippen LogP contribution in [0.5, 0.6) is 0 Å². The third-order valence-corrected chi connectivity index (χ3v) is 5.65. The largest absolute Gasteiger partial charge is 0.349 e. The molecule has 0 unspecified atom stereocenters. The van der Waals surface area contributed by atoms with Gasteiger partial charge in [-0.3, -0.25) is 19.5 Å². The Bertz CT molecular complexity index is 942. The first-order valence-corrected chi connectivity index (χ1v) is 10.4. The number of unbranched alkanes of at least 4 members (excludes halogenated alkanes) is 1. The Morgan fingerprint density at radius 1 is 1.22 bits per heavy atom. The molecule has 0 saturated heterocycles. The zero-order valence-electron chi connectivity index (χ0n) is 15.1. The second kappa shape index (κ2) is 8.30. The van der Waals surface area contributed by atoms with Crippen molar-refractivity contribution in [3.05, 3.63) is 59.9 Å². The number of pyridine rings is 1. The topological polar surface area (TPSA) is 101 Å². The van der Waals surface area contributed by atoms with Gasteiger partial charge in [-0.05, 0) is 30.7 Å². The summed E-state index contributed by atoms with van der Waals surface area (Å²) in [4.78, 5) is 21.5. The number of benzene rings is 1. The van der Waals surface area contributed by atoms with Crippen LogP contribution in [0.4, 0.5) is 0 Å². The summed E-state index contributed by atoms with van der Waals surface area (Å²) in [7, 11) is -3.62. The summed E-state index contributed by atoms with van der Waals surface area (Å²) in [6.07, 6.45) is 3.93. The molecule has 2 N–H and O–H groups in total. The molecule has 7 nitrogen and oxygen atoms in total. The average molecular weight is 386 g/mol. The quantitative estimate of drug-likeness (QED) is 0.760. The number of sulfonamides is 1. The van der Waals surface area contributed by atoms with Crippen molar-refractivity contribution >= 4 is 21.8 Å². The van der Waals surface area contributed by atoms with Crippen LogP contribution in [0.15, 0.2) is 58.5 Å². The molecule has 1 aromatic carbocycles. The molecule has 142 valence electrons. The van der Waals surface area contributed by atoms with E-state index in [-0.39, 0.29) is 16.6 Å². The van der Waals surface area contributed by atoms with Crippen molar-refractivity contribution in [3.8, 4) is 0 Å². The molecule has 1 aliphatic rings. The number of nitrogens with one attached hydrogen (secondary N) is 2. The van der Waals surface area contributed by atoms with Crippen LogP contribution in [-0.2, 0) is 21.4 Å². The van der Waals surface area contributed by atoms with Crippen molar-refractivity contribution in [1.82, 2.24) is 15.0 Å². The van der Waals surface area contributed by atoms with Crippen molar-refractivity contribution in [3.63, 3.8) is 0 Å². The van der Waals surface area contributed by atoms with Crippen LogP contribution in [0.3, 0.4) is 0 Å². The zero-order chi connectivity index (χ0) is 19.3. The molecule has 0 spiro atoms. The summed E-state index contributed by atoms with van der Waals surface area (Å²) in [6.45, 7) is 2.33. The first-order chi connectivity index (χ1) is 13.0. The maximum absolute atomic E-state index is 12.7. The normalized spacial score (nSPS) is 17.1. The highest BCUT2D eigenvalue weighted by molar-refractivity contribution is 7.90. The van der Waals surface area contributed by atoms with Gasteiger partial charge in [-0.15, -0.1) is 0 Å². The summed E-state index contributed by atoms with van der Waals surface area (Å²) >= 11 is 0. The number of amides is 1. The molecular weight excluding hydrogens is 364 g/mol. The molecule has 1 atom stereocenters. The molecule has 0 bridgehead atoms. The predicted molar refractivity (Wildman–Crippen MR) is 103 cm³/mol. The summed E-state index contributed by atoms with van der Waals surface area (Å²) in [5.74, 6) is -0.0233. The fourth-order valence-corrected chi connectivity index (χ4v) is 4.07. The van der Waals surface area contributed by atoms with E-state index in [9.17, 15) is 13.2 Å². The second-order valence-corrected chi connectivity index (χ2v) is 7.93. The van der Waals surface area contributed by atoms with E-state index in [0.29, 0.717) is 18.5 Å². The average Bonchev–Trinajstić information content (AvgIpc) is 2.94. The number of amidine groups is 1. The third-order valence-electron chi connectivity index (χ3n) is 4.25. The Hall–Kier alpha value is -2.74. The molecule has 0 radical (unpaired) electrons. The van der Waals surface area contributed by atoms with Crippen LogP contribution in [-0.4, -0.2) is 31.2 Å². The standard InChI is InChI=1S/C19H22N4O3S/c1-2-3-10-16(19(24)21-13-14-8-6-7-12-20-14)22-18-15-9-4-5-11-17(15)27(25,26)23-18/h4-9,11-12,16H,2-3,10,13H2,1H3,(H,21,24)(H,22,23)/t16-/m1/s1. The van der Waals surface area contributed by atoms with E-state index in [1.54, 1.807) is 24.4 Å². The Kier molecular flexibility index (Phi) is 5.85. The molecule has 2 aromatic rings. The van der Waals surface area contributed by atoms with Gasteiger partial charge in [-0.2, -0.15) is 0 Å². The summed E-state index contributed by atoms with van der Waals surface area (Å²) in [5.41, 5.74) is 1.25. The third kappa shape index (κ3) is 4.51. The molecule has 1 aromatic heterocycles. The Labute approximate surface area is 159 Å². The van der Waals surface area contributed by atoms with Gasteiger partial charge < -0.3 is 5.32 Å². The molecule has 27 heavy (non-hydrogen) atoms. The minimum atomic E-state index is -3.62. The lowest BCUT2D eigenvalue weighted by atomic mass is 10.1. The van der Waals surface area contributed by atoms with Crippen molar-refractivity contribution < 1.29 is 13.2 Å². The first kappa shape index (κ1) is 19.0. The smallest absolute Gasteiger partial charge is 0.263 e. The van der Waals surface area contributed by atoms with Gasteiger partial charge in [-0.25, -0.2) is 8.42 Å². The van der Waals surface area contributed by atoms with E-state index in [4.69, 9.17) is 0 Å². The highest BCUT2D eigenvalue weighted by Crippen LogP contribution is 2.23. The van der Waals surface area contributed by atoms with Crippen LogP contribution in [0.1, 0.15) is 37.4 Å². The van der Waals surface area contributed by atoms with Gasteiger partial charge in [0.15, 0.2) is 0 Å². The summed E-state index contributed by atoms with van der Waals surface area (Å²) < 4.78 is 26.9. The monoisotopic (exact) mass is 386 g/mol. The van der Waals surface area contributed by atoms with Crippen molar-refractivity contribution in [2.45, 2.75) is 43.7 Å². The molecule has 2 heterocycles. The highest BCUT2D eigenvalue weighted by atomic mass is 32.2. The predicted octanol–water partition coefficient (Wildman–Crippen LogP) is 2.00. The van der Waals surface area contributed by atoms with Crippen LogP contribution in [0.25, 0.3) is 0 Å². The Balaban J connectivity index is 1.81.